The second kappa shape index (κ2) is 13.9. The van der Waals surface area contributed by atoms with Crippen molar-refractivity contribution in [1.82, 2.24) is 0 Å². The van der Waals surface area contributed by atoms with Gasteiger partial charge in [-0.25, -0.2) is 0 Å². The molecule has 0 aliphatic heterocycles. The molecule has 34 heavy (non-hydrogen) atoms. The van der Waals surface area contributed by atoms with Crippen LogP contribution in [0, 0.1) is 10.8 Å². The molecule has 2 aromatic carbocycles. The lowest BCUT2D eigenvalue weighted by atomic mass is 10.1. The van der Waals surface area contributed by atoms with E-state index in [1.807, 2.05) is 0 Å². The summed E-state index contributed by atoms with van der Waals surface area (Å²) in [7, 11) is 6.09. The molecule has 0 bridgehead atoms. The molecule has 10 nitrogen and oxygen atoms in total. The van der Waals surface area contributed by atoms with Crippen LogP contribution in [-0.2, 0) is 0 Å². The number of methoxy groups -OCH3 is 4. The first kappa shape index (κ1) is 28.5. The zero-order valence-corrected chi connectivity index (χ0v) is 20.7. The van der Waals surface area contributed by atoms with Gasteiger partial charge < -0.3 is 39.9 Å². The van der Waals surface area contributed by atoms with Gasteiger partial charge in [0, 0.05) is 11.1 Å². The minimum atomic E-state index is -0.0812. The molecule has 0 fully saturated rings. The molecule has 0 saturated heterocycles. The first-order valence-electron chi connectivity index (χ1n) is 10.3. The maximum atomic E-state index is 7.61. The molecule has 0 aromatic heterocycles. The van der Waals surface area contributed by atoms with Crippen molar-refractivity contribution in [1.29, 1.82) is 10.8 Å². The Morgan fingerprint density at radius 2 is 0.912 bits per heavy atom. The maximum Gasteiger partial charge on any atom is 0.203 e. The van der Waals surface area contributed by atoms with Crippen LogP contribution in [0.25, 0.3) is 0 Å². The topological polar surface area (TPSA) is 155 Å². The molecule has 0 radical (unpaired) electrons. The van der Waals surface area contributed by atoms with E-state index in [-0.39, 0.29) is 24.1 Å². The summed E-state index contributed by atoms with van der Waals surface area (Å²) in [6.45, 7) is 0.901. The molecule has 2 aromatic rings. The normalized spacial score (nSPS) is 10.0. The highest BCUT2D eigenvalue weighted by atomic mass is 35.5. The van der Waals surface area contributed by atoms with E-state index in [9.17, 15) is 0 Å². The van der Waals surface area contributed by atoms with E-state index in [1.54, 1.807) is 24.3 Å². The molecule has 6 N–H and O–H groups in total. The molecular weight excluding hydrogens is 464 g/mol. The van der Waals surface area contributed by atoms with Crippen molar-refractivity contribution < 1.29 is 28.4 Å². The maximum absolute atomic E-state index is 7.61. The van der Waals surface area contributed by atoms with Gasteiger partial charge in [-0.15, -0.1) is 12.4 Å². The van der Waals surface area contributed by atoms with Gasteiger partial charge in [0.05, 0.1) is 41.7 Å². The third kappa shape index (κ3) is 7.24. The number of hydrogen-bond acceptors (Lipinski definition) is 8. The Bertz CT molecular complexity index is 858. The number of rotatable bonds is 14. The predicted molar refractivity (Wildman–Crippen MR) is 133 cm³/mol. The molecule has 2 rings (SSSR count). The molecule has 0 heterocycles. The monoisotopic (exact) mass is 496 g/mol. The van der Waals surface area contributed by atoms with Gasteiger partial charge in [-0.1, -0.05) is 0 Å². The Kier molecular flexibility index (Phi) is 11.6. The van der Waals surface area contributed by atoms with Crippen molar-refractivity contribution >= 4 is 24.1 Å². The summed E-state index contributed by atoms with van der Waals surface area (Å²) in [5, 5.41) is 15.2. The smallest absolute Gasteiger partial charge is 0.203 e. The Hall–Kier alpha value is -3.53. The fraction of sp³-hybridized carbons (Fsp3) is 0.391. The van der Waals surface area contributed by atoms with Gasteiger partial charge in [0.1, 0.15) is 11.7 Å². The number of hydrogen-bond donors (Lipinski definition) is 4. The Labute approximate surface area is 205 Å². The van der Waals surface area contributed by atoms with Gasteiger partial charge in [0.15, 0.2) is 23.0 Å². The van der Waals surface area contributed by atoms with E-state index in [4.69, 9.17) is 50.7 Å². The minimum absolute atomic E-state index is 0. The highest BCUT2D eigenvalue weighted by molar-refractivity contribution is 5.96. The second-order valence-corrected chi connectivity index (χ2v) is 7.00. The van der Waals surface area contributed by atoms with Gasteiger partial charge >= 0.3 is 0 Å². The molecule has 188 valence electrons. The van der Waals surface area contributed by atoms with Gasteiger partial charge in [0.25, 0.3) is 0 Å². The molecule has 0 unspecified atom stereocenters. The number of benzene rings is 2. The SMILES string of the molecule is COc1cc(C(=N)N)cc(OC)c1OCCCCCOc1c(OC)cc(C(=N)N)cc1OC.Cl. The van der Waals surface area contributed by atoms with Crippen molar-refractivity contribution in [2.45, 2.75) is 19.3 Å². The lowest BCUT2D eigenvalue weighted by Crippen LogP contribution is -2.12. The van der Waals surface area contributed by atoms with Crippen LogP contribution in [0.3, 0.4) is 0 Å². The molecule has 0 amide bonds. The molecule has 0 saturated carbocycles. The van der Waals surface area contributed by atoms with E-state index in [1.165, 1.54) is 28.4 Å². The van der Waals surface area contributed by atoms with Crippen molar-refractivity contribution in [3.8, 4) is 34.5 Å². The number of amidine groups is 2. The predicted octanol–water partition coefficient (Wildman–Crippen LogP) is 3.34. The fourth-order valence-electron chi connectivity index (χ4n) is 3.08. The molecule has 11 heteroatoms. The molecule has 0 atom stereocenters. The van der Waals surface area contributed by atoms with Crippen LogP contribution in [0.1, 0.15) is 30.4 Å². The lowest BCUT2D eigenvalue weighted by molar-refractivity contribution is 0.249. The van der Waals surface area contributed by atoms with Crippen LogP contribution in [-0.4, -0.2) is 53.3 Å². The summed E-state index contributed by atoms with van der Waals surface area (Å²) in [6, 6.07) is 6.58. The molecule has 0 aliphatic carbocycles. The van der Waals surface area contributed by atoms with Gasteiger partial charge in [-0.2, -0.15) is 0 Å². The largest absolute Gasteiger partial charge is 0.493 e. The van der Waals surface area contributed by atoms with Crippen molar-refractivity contribution in [2.24, 2.45) is 11.5 Å². The summed E-state index contributed by atoms with van der Waals surface area (Å²) in [4.78, 5) is 0. The van der Waals surface area contributed by atoms with Crippen LogP contribution < -0.4 is 39.9 Å². The van der Waals surface area contributed by atoms with Crippen molar-refractivity contribution in [3.63, 3.8) is 0 Å². The second-order valence-electron chi connectivity index (χ2n) is 7.00. The highest BCUT2D eigenvalue weighted by Gasteiger charge is 2.16. The van der Waals surface area contributed by atoms with E-state index in [0.717, 1.165) is 19.3 Å². The zero-order chi connectivity index (χ0) is 24.4. The quantitative estimate of drug-likeness (QED) is 0.176. The highest BCUT2D eigenvalue weighted by Crippen LogP contribution is 2.39. The summed E-state index contributed by atoms with van der Waals surface area (Å²) in [6.07, 6.45) is 2.41. The number of nitrogens with one attached hydrogen (secondary N) is 2. The fourth-order valence-corrected chi connectivity index (χ4v) is 3.08. The number of ether oxygens (including phenoxy) is 6. The van der Waals surface area contributed by atoms with Gasteiger partial charge in [-0.05, 0) is 43.5 Å². The Morgan fingerprint density at radius 3 is 1.15 bits per heavy atom. The number of nitrogen functional groups attached to an aromatic ring is 2. The molecule has 0 aliphatic rings. The van der Waals surface area contributed by atoms with Crippen molar-refractivity contribution in [2.75, 3.05) is 41.7 Å². The van der Waals surface area contributed by atoms with Crippen LogP contribution in [0.5, 0.6) is 34.5 Å². The first-order valence-corrected chi connectivity index (χ1v) is 10.3. The molecular formula is C23H33ClN4O6. The molecule has 0 spiro atoms. The van der Waals surface area contributed by atoms with Crippen molar-refractivity contribution in [3.05, 3.63) is 35.4 Å². The van der Waals surface area contributed by atoms with E-state index in [2.05, 4.69) is 0 Å². The van der Waals surface area contributed by atoms with Crippen LogP contribution in [0.2, 0.25) is 0 Å². The van der Waals surface area contributed by atoms with E-state index < -0.39 is 0 Å². The average Bonchev–Trinajstić information content (AvgIpc) is 2.82. The zero-order valence-electron chi connectivity index (χ0n) is 19.9. The number of halogens is 1. The van der Waals surface area contributed by atoms with E-state index in [0.29, 0.717) is 58.8 Å². The van der Waals surface area contributed by atoms with E-state index >= 15 is 0 Å². The van der Waals surface area contributed by atoms with Crippen LogP contribution in [0.4, 0.5) is 0 Å². The summed E-state index contributed by atoms with van der Waals surface area (Å²) < 4.78 is 33.2. The third-order valence-electron chi connectivity index (χ3n) is 4.82. The summed E-state index contributed by atoms with van der Waals surface area (Å²) in [5.74, 6) is 2.60. The summed E-state index contributed by atoms with van der Waals surface area (Å²) >= 11 is 0. The van der Waals surface area contributed by atoms with Crippen LogP contribution in [0.15, 0.2) is 24.3 Å². The van der Waals surface area contributed by atoms with Crippen LogP contribution >= 0.6 is 12.4 Å². The number of nitrogens with two attached hydrogens (primary N) is 2. The third-order valence-corrected chi connectivity index (χ3v) is 4.82. The van der Waals surface area contributed by atoms with Gasteiger partial charge in [-0.3, -0.25) is 10.8 Å². The lowest BCUT2D eigenvalue weighted by Gasteiger charge is -2.16. The standard InChI is InChI=1S/C23H32N4O6.ClH/c1-28-16-10-14(22(24)25)11-17(29-2)20(16)32-8-6-5-7-9-33-21-18(30-3)12-15(23(26)27)13-19(21)31-4;/h10-13H,5-9H2,1-4H3,(H3,24,25)(H3,26,27);1H. The van der Waals surface area contributed by atoms with Gasteiger partial charge in [0.2, 0.25) is 11.5 Å². The minimum Gasteiger partial charge on any atom is -0.493 e. The first-order chi connectivity index (χ1) is 15.9. The average molecular weight is 497 g/mol. The Morgan fingerprint density at radius 1 is 0.618 bits per heavy atom. The number of unbranched alkanes of at least 4 members (excludes halogenated alkanes) is 2. The Balaban J connectivity index is 0.00000578. The summed E-state index contributed by atoms with van der Waals surface area (Å²) in [5.41, 5.74) is 12.1.